The molecule has 0 aromatic carbocycles. The van der Waals surface area contributed by atoms with E-state index in [1.165, 1.54) is 12.0 Å². The highest BCUT2D eigenvalue weighted by atomic mass is 16.5. The van der Waals surface area contributed by atoms with Crippen molar-refractivity contribution in [3.8, 4) is 0 Å². The fraction of sp³-hybridized carbons (Fsp3) is 0.800. The minimum Gasteiger partial charge on any atom is -0.383 e. The minimum absolute atomic E-state index is 0.384. The highest BCUT2D eigenvalue weighted by molar-refractivity contribution is 5.04. The van der Waals surface area contributed by atoms with Crippen LogP contribution in [0.25, 0.3) is 0 Å². The highest BCUT2D eigenvalue weighted by Crippen LogP contribution is 2.12. The van der Waals surface area contributed by atoms with Crippen LogP contribution >= 0.6 is 0 Å². The maximum atomic E-state index is 5.68. The van der Waals surface area contributed by atoms with Crippen molar-refractivity contribution in [2.75, 3.05) is 33.4 Å². The van der Waals surface area contributed by atoms with E-state index >= 15 is 0 Å². The third kappa shape index (κ3) is 3.10. The van der Waals surface area contributed by atoms with E-state index in [9.17, 15) is 0 Å². The van der Waals surface area contributed by atoms with E-state index in [1.54, 1.807) is 7.11 Å². The van der Waals surface area contributed by atoms with Gasteiger partial charge in [0.05, 0.1) is 6.61 Å². The second kappa shape index (κ2) is 5.37. The van der Waals surface area contributed by atoms with Crippen molar-refractivity contribution in [1.82, 2.24) is 4.90 Å². The molecule has 0 radical (unpaired) electrons. The third-order valence-corrected chi connectivity index (χ3v) is 2.62. The molecule has 2 N–H and O–H groups in total. The van der Waals surface area contributed by atoms with E-state index in [4.69, 9.17) is 10.5 Å². The number of rotatable bonds is 4. The topological polar surface area (TPSA) is 38.5 Å². The summed E-state index contributed by atoms with van der Waals surface area (Å²) in [6, 6.07) is 0.384. The van der Waals surface area contributed by atoms with E-state index in [2.05, 4.69) is 17.9 Å². The first-order chi connectivity index (χ1) is 6.27. The van der Waals surface area contributed by atoms with Crippen molar-refractivity contribution >= 4 is 0 Å². The number of hydrogen-bond acceptors (Lipinski definition) is 3. The average Bonchev–Trinajstić information content (AvgIpc) is 2.16. The highest BCUT2D eigenvalue weighted by Gasteiger charge is 2.17. The molecular formula is C10H20N2O. The molecule has 13 heavy (non-hydrogen) atoms. The quantitative estimate of drug-likeness (QED) is 0.651. The summed E-state index contributed by atoms with van der Waals surface area (Å²) in [7, 11) is 1.73. The predicted octanol–water partition coefficient (Wildman–Crippen LogP) is 0.612. The van der Waals surface area contributed by atoms with E-state index in [0.29, 0.717) is 12.6 Å². The molecule has 76 valence electrons. The van der Waals surface area contributed by atoms with Crippen LogP contribution in [0.15, 0.2) is 11.6 Å². The molecule has 0 fully saturated rings. The van der Waals surface area contributed by atoms with Crippen molar-refractivity contribution in [1.29, 1.82) is 0 Å². The summed E-state index contributed by atoms with van der Waals surface area (Å²) in [6.45, 7) is 5.75. The van der Waals surface area contributed by atoms with E-state index < -0.39 is 0 Å². The average molecular weight is 184 g/mol. The van der Waals surface area contributed by atoms with Crippen LogP contribution < -0.4 is 5.73 Å². The molecule has 1 aliphatic rings. The molecule has 1 aliphatic heterocycles. The smallest absolute Gasteiger partial charge is 0.0630 e. The van der Waals surface area contributed by atoms with Crippen LogP contribution in [0.1, 0.15) is 13.3 Å². The van der Waals surface area contributed by atoms with Crippen molar-refractivity contribution in [3.05, 3.63) is 11.6 Å². The largest absolute Gasteiger partial charge is 0.383 e. The second-order valence-electron chi connectivity index (χ2n) is 3.64. The lowest BCUT2D eigenvalue weighted by molar-refractivity contribution is 0.0991. The zero-order chi connectivity index (χ0) is 9.68. The molecular weight excluding hydrogens is 164 g/mol. The standard InChI is InChI=1S/C10H20N2O/c1-9-3-5-12(6-4-9)10(7-11)8-13-2/h3,10H,4-8,11H2,1-2H3. The molecule has 3 nitrogen and oxygen atoms in total. The molecule has 0 aromatic rings. The van der Waals surface area contributed by atoms with Gasteiger partial charge in [0.15, 0.2) is 0 Å². The van der Waals surface area contributed by atoms with Gasteiger partial charge in [-0.2, -0.15) is 0 Å². The number of nitrogens with zero attached hydrogens (tertiary/aromatic N) is 1. The van der Waals surface area contributed by atoms with Gasteiger partial charge in [0, 0.05) is 32.8 Å². The lowest BCUT2D eigenvalue weighted by Gasteiger charge is -2.32. The summed E-state index contributed by atoms with van der Waals surface area (Å²) in [5.74, 6) is 0. The maximum Gasteiger partial charge on any atom is 0.0630 e. The SMILES string of the molecule is COCC(CN)N1CC=C(C)CC1. The number of hydrogen-bond donors (Lipinski definition) is 1. The monoisotopic (exact) mass is 184 g/mol. The molecule has 0 amide bonds. The second-order valence-corrected chi connectivity index (χ2v) is 3.64. The van der Waals surface area contributed by atoms with E-state index in [1.807, 2.05) is 0 Å². The lowest BCUT2D eigenvalue weighted by atomic mass is 10.1. The normalized spacial score (nSPS) is 21.3. The first kappa shape index (κ1) is 10.7. The zero-order valence-corrected chi connectivity index (χ0v) is 8.62. The van der Waals surface area contributed by atoms with Crippen molar-refractivity contribution in [2.45, 2.75) is 19.4 Å². The Morgan fingerprint density at radius 3 is 2.92 bits per heavy atom. The van der Waals surface area contributed by atoms with Gasteiger partial charge < -0.3 is 10.5 Å². The molecule has 0 spiro atoms. The summed E-state index contributed by atoms with van der Waals surface area (Å²) < 4.78 is 5.13. The molecule has 0 saturated carbocycles. The predicted molar refractivity (Wildman–Crippen MR) is 54.7 cm³/mol. The van der Waals surface area contributed by atoms with Gasteiger partial charge >= 0.3 is 0 Å². The van der Waals surface area contributed by atoms with Crippen LogP contribution in [0.4, 0.5) is 0 Å². The Kier molecular flexibility index (Phi) is 4.42. The van der Waals surface area contributed by atoms with Crippen molar-refractivity contribution in [2.24, 2.45) is 5.73 Å². The zero-order valence-electron chi connectivity index (χ0n) is 8.62. The first-order valence-corrected chi connectivity index (χ1v) is 4.86. The van der Waals surface area contributed by atoms with E-state index in [-0.39, 0.29) is 0 Å². The Morgan fingerprint density at radius 2 is 2.46 bits per heavy atom. The summed E-state index contributed by atoms with van der Waals surface area (Å²) in [5.41, 5.74) is 7.17. The molecule has 0 aliphatic carbocycles. The van der Waals surface area contributed by atoms with Gasteiger partial charge in [0.25, 0.3) is 0 Å². The third-order valence-electron chi connectivity index (χ3n) is 2.62. The Balaban J connectivity index is 2.42. The van der Waals surface area contributed by atoms with Gasteiger partial charge in [-0.1, -0.05) is 11.6 Å². The Bertz CT molecular complexity index is 180. The molecule has 1 atom stereocenters. The van der Waals surface area contributed by atoms with Crippen LogP contribution in [0.5, 0.6) is 0 Å². The van der Waals surface area contributed by atoms with Crippen LogP contribution in [0, 0.1) is 0 Å². The number of ether oxygens (including phenoxy) is 1. The van der Waals surface area contributed by atoms with Crippen LogP contribution in [0.2, 0.25) is 0 Å². The van der Waals surface area contributed by atoms with Gasteiger partial charge in [0.2, 0.25) is 0 Å². The molecule has 1 heterocycles. The van der Waals surface area contributed by atoms with Gasteiger partial charge in [0.1, 0.15) is 0 Å². The van der Waals surface area contributed by atoms with Gasteiger partial charge in [-0.05, 0) is 13.3 Å². The fourth-order valence-corrected chi connectivity index (χ4v) is 1.63. The molecule has 3 heteroatoms. The number of nitrogens with two attached hydrogens (primary N) is 1. The van der Waals surface area contributed by atoms with Crippen molar-refractivity contribution < 1.29 is 4.74 Å². The molecule has 1 unspecified atom stereocenters. The minimum atomic E-state index is 0.384. The maximum absolute atomic E-state index is 5.68. The molecule has 0 saturated heterocycles. The lowest BCUT2D eigenvalue weighted by Crippen LogP contribution is -2.45. The molecule has 0 aromatic heterocycles. The fourth-order valence-electron chi connectivity index (χ4n) is 1.63. The van der Waals surface area contributed by atoms with Crippen LogP contribution in [-0.2, 0) is 4.74 Å². The first-order valence-electron chi connectivity index (χ1n) is 4.86. The van der Waals surface area contributed by atoms with Gasteiger partial charge in [-0.15, -0.1) is 0 Å². The summed E-state index contributed by atoms with van der Waals surface area (Å²) in [6.07, 6.45) is 3.45. The Hall–Kier alpha value is -0.380. The summed E-state index contributed by atoms with van der Waals surface area (Å²) in [4.78, 5) is 2.39. The van der Waals surface area contributed by atoms with Gasteiger partial charge in [-0.25, -0.2) is 0 Å². The van der Waals surface area contributed by atoms with Crippen molar-refractivity contribution in [3.63, 3.8) is 0 Å². The number of methoxy groups -OCH3 is 1. The summed E-state index contributed by atoms with van der Waals surface area (Å²) in [5, 5.41) is 0. The van der Waals surface area contributed by atoms with E-state index in [0.717, 1.165) is 19.7 Å². The summed E-state index contributed by atoms with van der Waals surface area (Å²) >= 11 is 0. The Morgan fingerprint density at radius 1 is 1.69 bits per heavy atom. The Labute approximate surface area is 80.5 Å². The van der Waals surface area contributed by atoms with Gasteiger partial charge in [-0.3, -0.25) is 4.90 Å². The molecule has 0 bridgehead atoms. The van der Waals surface area contributed by atoms with Crippen LogP contribution in [-0.4, -0.2) is 44.3 Å². The van der Waals surface area contributed by atoms with Crippen LogP contribution in [0.3, 0.4) is 0 Å². The molecule has 1 rings (SSSR count).